The first-order valence-electron chi connectivity index (χ1n) is 6.17. The number of benzene rings is 2. The number of hydrogen-bond acceptors (Lipinski definition) is 2. The number of halogens is 7. The first-order valence-corrected chi connectivity index (χ1v) is 6.17. The van der Waals surface area contributed by atoms with E-state index in [0.29, 0.717) is 18.2 Å². The summed E-state index contributed by atoms with van der Waals surface area (Å²) in [5.41, 5.74) is -0.691. The lowest BCUT2D eigenvalue weighted by Crippen LogP contribution is -2.23. The van der Waals surface area contributed by atoms with Crippen molar-refractivity contribution in [3.63, 3.8) is 0 Å². The van der Waals surface area contributed by atoms with Crippen LogP contribution in [0.3, 0.4) is 0 Å². The first-order chi connectivity index (χ1) is 11.1. The smallest absolute Gasteiger partial charge is 0.425 e. The molecular formula is C15H7F7O2. The number of phenolic OH excluding ortho intramolecular Hbond substituents is 1. The molecule has 24 heavy (non-hydrogen) atoms. The second-order valence-corrected chi connectivity index (χ2v) is 4.53. The Bertz CT molecular complexity index is 775. The molecule has 128 valence electrons. The van der Waals surface area contributed by atoms with Gasteiger partial charge >= 0.3 is 6.11 Å². The van der Waals surface area contributed by atoms with Gasteiger partial charge in [0.05, 0.1) is 6.08 Å². The normalized spacial score (nSPS) is 11.3. The maximum Gasteiger partial charge on any atom is 0.425 e. The maximum atomic E-state index is 13.8. The molecule has 2 rings (SSSR count). The zero-order valence-corrected chi connectivity index (χ0v) is 11.5. The van der Waals surface area contributed by atoms with Gasteiger partial charge in [0.15, 0.2) is 17.4 Å². The standard InChI is InChI=1S/C15H7F7O2/c16-10-5-8(23)1-2-9(10)7-3-11(17)14(12(18)4-7)24-15(21,22)6-13(19)20/h1-6,23H. The lowest BCUT2D eigenvalue weighted by molar-refractivity contribution is -0.137. The Morgan fingerprint density at radius 1 is 0.958 bits per heavy atom. The van der Waals surface area contributed by atoms with Gasteiger partial charge in [0.2, 0.25) is 0 Å². The van der Waals surface area contributed by atoms with E-state index in [9.17, 15) is 30.7 Å². The lowest BCUT2D eigenvalue weighted by Gasteiger charge is -2.16. The fourth-order valence-electron chi connectivity index (χ4n) is 1.84. The van der Waals surface area contributed by atoms with Crippen molar-refractivity contribution in [1.29, 1.82) is 0 Å². The minimum absolute atomic E-state index is 0.321. The van der Waals surface area contributed by atoms with Crippen LogP contribution in [0.5, 0.6) is 11.5 Å². The predicted octanol–water partition coefficient (Wildman–Crippen LogP) is 5.23. The van der Waals surface area contributed by atoms with Gasteiger partial charge in [-0.2, -0.15) is 17.6 Å². The van der Waals surface area contributed by atoms with Gasteiger partial charge in [-0.25, -0.2) is 13.2 Å². The van der Waals surface area contributed by atoms with Crippen molar-refractivity contribution < 1.29 is 40.6 Å². The largest absolute Gasteiger partial charge is 0.508 e. The molecule has 0 saturated carbocycles. The molecule has 0 aliphatic heterocycles. The van der Waals surface area contributed by atoms with Crippen LogP contribution in [0, 0.1) is 17.5 Å². The molecule has 0 aliphatic carbocycles. The van der Waals surface area contributed by atoms with Crippen molar-refractivity contribution in [3.05, 3.63) is 59.9 Å². The summed E-state index contributed by atoms with van der Waals surface area (Å²) in [7, 11) is 0. The molecule has 0 heterocycles. The van der Waals surface area contributed by atoms with Crippen LogP contribution in [-0.4, -0.2) is 11.2 Å². The molecule has 9 heteroatoms. The van der Waals surface area contributed by atoms with E-state index in [1.54, 1.807) is 0 Å². The zero-order valence-electron chi connectivity index (χ0n) is 11.5. The summed E-state index contributed by atoms with van der Waals surface area (Å²) >= 11 is 0. The van der Waals surface area contributed by atoms with Gasteiger partial charge in [0, 0.05) is 11.6 Å². The highest BCUT2D eigenvalue weighted by molar-refractivity contribution is 5.66. The molecule has 0 aliphatic rings. The molecule has 2 nitrogen and oxygen atoms in total. The Hall–Kier alpha value is -2.71. The van der Waals surface area contributed by atoms with E-state index in [0.717, 1.165) is 12.1 Å². The van der Waals surface area contributed by atoms with Crippen LogP contribution in [0.1, 0.15) is 0 Å². The third-order valence-electron chi connectivity index (χ3n) is 2.78. The Morgan fingerprint density at radius 3 is 2.04 bits per heavy atom. The van der Waals surface area contributed by atoms with Gasteiger partial charge in [-0.1, -0.05) is 0 Å². The molecule has 2 aromatic rings. The molecule has 0 unspecified atom stereocenters. The van der Waals surface area contributed by atoms with Crippen LogP contribution in [0.15, 0.2) is 42.5 Å². The Kier molecular flexibility index (Phi) is 4.72. The fraction of sp³-hybridized carbons (Fsp3) is 0.0667. The van der Waals surface area contributed by atoms with Crippen molar-refractivity contribution in [2.75, 3.05) is 0 Å². The van der Waals surface area contributed by atoms with Crippen molar-refractivity contribution >= 4 is 0 Å². The molecule has 0 saturated heterocycles. The second kappa shape index (κ2) is 6.42. The zero-order chi connectivity index (χ0) is 18.1. The van der Waals surface area contributed by atoms with Crippen molar-refractivity contribution in [3.8, 4) is 22.6 Å². The third kappa shape index (κ3) is 3.98. The molecule has 0 bridgehead atoms. The minimum atomic E-state index is -4.65. The van der Waals surface area contributed by atoms with E-state index in [2.05, 4.69) is 4.74 Å². The van der Waals surface area contributed by atoms with Gasteiger partial charge in [-0.15, -0.1) is 0 Å². The topological polar surface area (TPSA) is 29.5 Å². The second-order valence-electron chi connectivity index (χ2n) is 4.53. The van der Waals surface area contributed by atoms with Crippen LogP contribution >= 0.6 is 0 Å². The van der Waals surface area contributed by atoms with Crippen LogP contribution in [0.25, 0.3) is 11.1 Å². The van der Waals surface area contributed by atoms with E-state index in [1.807, 2.05) is 0 Å². The van der Waals surface area contributed by atoms with E-state index >= 15 is 0 Å². The van der Waals surface area contributed by atoms with Crippen molar-refractivity contribution in [2.45, 2.75) is 6.11 Å². The molecule has 1 N–H and O–H groups in total. The SMILES string of the molecule is Oc1ccc(-c2cc(F)c(OC(F)(F)C=C(F)F)c(F)c2)c(F)c1. The highest BCUT2D eigenvalue weighted by Crippen LogP contribution is 2.34. The number of alkyl halides is 2. The number of hydrogen-bond donors (Lipinski definition) is 1. The molecule has 0 amide bonds. The summed E-state index contributed by atoms with van der Waals surface area (Å²) in [5.74, 6) is -6.35. The molecular weight excluding hydrogens is 345 g/mol. The van der Waals surface area contributed by atoms with Gasteiger partial charge in [-0.3, -0.25) is 0 Å². The minimum Gasteiger partial charge on any atom is -0.508 e. The molecule has 0 spiro atoms. The maximum absolute atomic E-state index is 13.8. The van der Waals surface area contributed by atoms with Crippen molar-refractivity contribution in [2.24, 2.45) is 0 Å². The van der Waals surface area contributed by atoms with Crippen LogP contribution < -0.4 is 4.74 Å². The van der Waals surface area contributed by atoms with E-state index in [4.69, 9.17) is 5.11 Å². The highest BCUT2D eigenvalue weighted by Gasteiger charge is 2.33. The number of ether oxygens (including phenoxy) is 1. The Balaban J connectivity index is 2.44. The van der Waals surface area contributed by atoms with Gasteiger partial charge in [-0.05, 0) is 29.8 Å². The van der Waals surface area contributed by atoms with Gasteiger partial charge in [0.1, 0.15) is 11.6 Å². The summed E-state index contributed by atoms with van der Waals surface area (Å²) in [6.07, 6.45) is -8.37. The lowest BCUT2D eigenvalue weighted by atomic mass is 10.0. The molecule has 0 atom stereocenters. The predicted molar refractivity (Wildman–Crippen MR) is 69.3 cm³/mol. The van der Waals surface area contributed by atoms with Gasteiger partial charge < -0.3 is 9.84 Å². The van der Waals surface area contributed by atoms with Crippen LogP contribution in [-0.2, 0) is 0 Å². The number of rotatable bonds is 4. The molecule has 0 aromatic heterocycles. The van der Waals surface area contributed by atoms with E-state index < -0.39 is 47.2 Å². The fourth-order valence-corrected chi connectivity index (χ4v) is 1.84. The van der Waals surface area contributed by atoms with Crippen LogP contribution in [0.4, 0.5) is 30.7 Å². The third-order valence-corrected chi connectivity index (χ3v) is 2.78. The number of phenols is 1. The van der Waals surface area contributed by atoms with E-state index in [-0.39, 0.29) is 11.1 Å². The van der Waals surface area contributed by atoms with Gasteiger partial charge in [0.25, 0.3) is 6.08 Å². The average Bonchev–Trinajstić information content (AvgIpc) is 2.41. The summed E-state index contributed by atoms with van der Waals surface area (Å²) in [6, 6.07) is 3.70. The first kappa shape index (κ1) is 17.6. The quantitative estimate of drug-likeness (QED) is 0.764. The Labute approximate surface area is 130 Å². The summed E-state index contributed by atoms with van der Waals surface area (Å²) in [5, 5.41) is 9.08. The highest BCUT2D eigenvalue weighted by atomic mass is 19.3. The molecule has 0 fully saturated rings. The summed E-state index contributed by atoms with van der Waals surface area (Å²) in [6.45, 7) is 0. The monoisotopic (exact) mass is 352 g/mol. The number of aromatic hydroxyl groups is 1. The summed E-state index contributed by atoms with van der Waals surface area (Å²) < 4.78 is 94.7. The molecule has 2 aromatic carbocycles. The molecule has 0 radical (unpaired) electrons. The van der Waals surface area contributed by atoms with E-state index in [1.165, 1.54) is 0 Å². The average molecular weight is 352 g/mol. The van der Waals surface area contributed by atoms with Crippen LogP contribution in [0.2, 0.25) is 0 Å². The summed E-state index contributed by atoms with van der Waals surface area (Å²) in [4.78, 5) is 0. The Morgan fingerprint density at radius 2 is 1.54 bits per heavy atom. The van der Waals surface area contributed by atoms with Crippen molar-refractivity contribution in [1.82, 2.24) is 0 Å².